The number of hydrogen-bond acceptors (Lipinski definition) is 3. The first kappa shape index (κ1) is 10.2. The van der Waals surface area contributed by atoms with Crippen LogP contribution in [0.25, 0.3) is 0 Å². The highest BCUT2D eigenvalue weighted by molar-refractivity contribution is 7.92. The lowest BCUT2D eigenvalue weighted by atomic mass is 10.6. The molecule has 0 fully saturated rings. The zero-order chi connectivity index (χ0) is 9.07. The predicted molar refractivity (Wildman–Crippen MR) is 42.2 cm³/mol. The Morgan fingerprint density at radius 3 is 2.18 bits per heavy atom. The highest BCUT2D eigenvalue weighted by atomic mass is 32.2. The molecule has 0 N–H and O–H groups in total. The van der Waals surface area contributed by atoms with E-state index in [1.807, 2.05) is 0 Å². The van der Waals surface area contributed by atoms with Crippen molar-refractivity contribution in [2.24, 2.45) is 0 Å². The Morgan fingerprint density at radius 1 is 1.64 bits per heavy atom. The predicted octanol–water partition coefficient (Wildman–Crippen LogP) is 0.328. The monoisotopic (exact) mass is 177 g/mol. The van der Waals surface area contributed by atoms with E-state index in [0.29, 0.717) is 0 Å². The van der Waals surface area contributed by atoms with Crippen LogP contribution in [-0.2, 0) is 14.8 Å². The SMILES string of the molecule is C=CS(=O)(=O)N(CC)C(C)=O. The Bertz CT molecular complexity index is 255. The number of rotatable bonds is 3. The smallest absolute Gasteiger partial charge is 0.259 e. The molecule has 0 saturated carbocycles. The van der Waals surface area contributed by atoms with Crippen LogP contribution in [0.1, 0.15) is 13.8 Å². The maximum Gasteiger partial charge on any atom is 0.259 e. The molecule has 0 bridgehead atoms. The summed E-state index contributed by atoms with van der Waals surface area (Å²) >= 11 is 0. The molecule has 0 aliphatic carbocycles. The molecule has 5 heteroatoms. The van der Waals surface area contributed by atoms with Gasteiger partial charge in [-0.3, -0.25) is 4.79 Å². The average Bonchev–Trinajstić information content (AvgIpc) is 1.88. The third-order valence-corrected chi connectivity index (χ3v) is 2.71. The van der Waals surface area contributed by atoms with Crippen molar-refractivity contribution >= 4 is 15.9 Å². The van der Waals surface area contributed by atoms with Gasteiger partial charge in [-0.05, 0) is 6.92 Å². The van der Waals surface area contributed by atoms with Crippen molar-refractivity contribution in [2.75, 3.05) is 6.54 Å². The number of hydrogen-bond donors (Lipinski definition) is 0. The molecular formula is C6H11NO3S. The van der Waals surface area contributed by atoms with E-state index in [9.17, 15) is 13.2 Å². The van der Waals surface area contributed by atoms with Gasteiger partial charge in [0.05, 0.1) is 0 Å². The summed E-state index contributed by atoms with van der Waals surface area (Å²) in [6.45, 7) is 6.03. The number of carbonyl (C=O) groups is 1. The fraction of sp³-hybridized carbons (Fsp3) is 0.500. The highest BCUT2D eigenvalue weighted by Crippen LogP contribution is 2.01. The standard InChI is InChI=1S/C6H11NO3S/c1-4-7(6(3)8)11(9,10)5-2/h5H,2,4H2,1,3H3. The van der Waals surface area contributed by atoms with E-state index in [4.69, 9.17) is 0 Å². The highest BCUT2D eigenvalue weighted by Gasteiger charge is 2.18. The molecule has 0 atom stereocenters. The Hall–Kier alpha value is -0.840. The molecule has 0 aliphatic rings. The molecule has 11 heavy (non-hydrogen) atoms. The first-order valence-electron chi connectivity index (χ1n) is 3.11. The largest absolute Gasteiger partial charge is 0.274 e. The van der Waals surface area contributed by atoms with Crippen molar-refractivity contribution in [1.82, 2.24) is 4.31 Å². The van der Waals surface area contributed by atoms with Crippen LogP contribution in [0, 0.1) is 0 Å². The molecule has 0 unspecified atom stereocenters. The first-order valence-corrected chi connectivity index (χ1v) is 4.61. The second kappa shape index (κ2) is 3.52. The second-order valence-corrected chi connectivity index (χ2v) is 3.70. The lowest BCUT2D eigenvalue weighted by Crippen LogP contribution is -2.33. The van der Waals surface area contributed by atoms with Gasteiger partial charge in [0, 0.05) is 18.9 Å². The van der Waals surface area contributed by atoms with Crippen molar-refractivity contribution < 1.29 is 13.2 Å². The molecule has 0 heterocycles. The topological polar surface area (TPSA) is 54.5 Å². The number of nitrogens with zero attached hydrogens (tertiary/aromatic N) is 1. The molecule has 0 aromatic carbocycles. The summed E-state index contributed by atoms with van der Waals surface area (Å²) in [5.74, 6) is -0.493. The van der Waals surface area contributed by atoms with Crippen molar-refractivity contribution in [3.8, 4) is 0 Å². The summed E-state index contributed by atoms with van der Waals surface area (Å²) in [5, 5.41) is 0.762. The molecular weight excluding hydrogens is 166 g/mol. The number of carbonyl (C=O) groups excluding carboxylic acids is 1. The van der Waals surface area contributed by atoms with Gasteiger partial charge in [0.1, 0.15) is 0 Å². The second-order valence-electron chi connectivity index (χ2n) is 1.90. The van der Waals surface area contributed by atoms with Gasteiger partial charge in [-0.2, -0.15) is 0 Å². The van der Waals surface area contributed by atoms with E-state index in [2.05, 4.69) is 6.58 Å². The molecule has 4 nitrogen and oxygen atoms in total. The van der Waals surface area contributed by atoms with Gasteiger partial charge in [0.15, 0.2) is 0 Å². The molecule has 0 radical (unpaired) electrons. The average molecular weight is 177 g/mol. The Balaban J connectivity index is 4.80. The van der Waals surface area contributed by atoms with Gasteiger partial charge < -0.3 is 0 Å². The van der Waals surface area contributed by atoms with E-state index in [0.717, 1.165) is 9.71 Å². The first-order chi connectivity index (χ1) is 4.95. The Labute approximate surface area is 66.6 Å². The van der Waals surface area contributed by atoms with E-state index >= 15 is 0 Å². The summed E-state index contributed by atoms with van der Waals surface area (Å²) < 4.78 is 22.7. The van der Waals surface area contributed by atoms with Gasteiger partial charge in [0.25, 0.3) is 10.0 Å². The van der Waals surface area contributed by atoms with E-state index in [-0.39, 0.29) is 6.54 Å². The maximum absolute atomic E-state index is 11.0. The summed E-state index contributed by atoms with van der Waals surface area (Å²) in [4.78, 5) is 10.7. The number of sulfonamides is 1. The molecule has 64 valence electrons. The van der Waals surface area contributed by atoms with Crippen LogP contribution in [0.15, 0.2) is 12.0 Å². The zero-order valence-corrected chi connectivity index (χ0v) is 7.39. The minimum atomic E-state index is -3.56. The van der Waals surface area contributed by atoms with Gasteiger partial charge in [-0.15, -0.1) is 0 Å². The van der Waals surface area contributed by atoms with Crippen LogP contribution >= 0.6 is 0 Å². The maximum atomic E-state index is 11.0. The lowest BCUT2D eigenvalue weighted by molar-refractivity contribution is -0.124. The quantitative estimate of drug-likeness (QED) is 0.624. The lowest BCUT2D eigenvalue weighted by Gasteiger charge is -2.15. The van der Waals surface area contributed by atoms with Crippen LogP contribution in [0.4, 0.5) is 0 Å². The molecule has 0 rings (SSSR count). The van der Waals surface area contributed by atoms with E-state index in [1.165, 1.54) is 6.92 Å². The van der Waals surface area contributed by atoms with Gasteiger partial charge in [0.2, 0.25) is 5.91 Å². The van der Waals surface area contributed by atoms with Gasteiger partial charge >= 0.3 is 0 Å². The fourth-order valence-corrected chi connectivity index (χ4v) is 1.57. The fourth-order valence-electron chi connectivity index (χ4n) is 0.672. The van der Waals surface area contributed by atoms with Crippen molar-refractivity contribution in [3.63, 3.8) is 0 Å². The van der Waals surface area contributed by atoms with Crippen molar-refractivity contribution in [2.45, 2.75) is 13.8 Å². The van der Waals surface area contributed by atoms with Crippen LogP contribution in [0.5, 0.6) is 0 Å². The molecule has 0 aromatic heterocycles. The molecule has 1 amide bonds. The minimum absolute atomic E-state index is 0.143. The summed E-state index contributed by atoms with van der Waals surface area (Å²) in [5.41, 5.74) is 0. The number of amides is 1. The molecule has 0 aromatic rings. The van der Waals surface area contributed by atoms with E-state index < -0.39 is 15.9 Å². The van der Waals surface area contributed by atoms with Crippen LogP contribution in [0.3, 0.4) is 0 Å². The van der Waals surface area contributed by atoms with Crippen LogP contribution in [0.2, 0.25) is 0 Å². The van der Waals surface area contributed by atoms with Crippen molar-refractivity contribution in [3.05, 3.63) is 12.0 Å². The summed E-state index contributed by atoms with van der Waals surface area (Å²) in [6, 6.07) is 0. The minimum Gasteiger partial charge on any atom is -0.274 e. The third kappa shape index (κ3) is 2.34. The van der Waals surface area contributed by atoms with Gasteiger partial charge in [-0.1, -0.05) is 6.58 Å². The Kier molecular flexibility index (Phi) is 3.25. The summed E-state index contributed by atoms with van der Waals surface area (Å²) in [6.07, 6.45) is 0. The van der Waals surface area contributed by atoms with E-state index in [1.54, 1.807) is 6.92 Å². The normalized spacial score (nSPS) is 10.7. The zero-order valence-electron chi connectivity index (χ0n) is 6.57. The van der Waals surface area contributed by atoms with Crippen LogP contribution < -0.4 is 0 Å². The molecule has 0 aliphatic heterocycles. The summed E-state index contributed by atoms with van der Waals surface area (Å²) in [7, 11) is -3.56. The van der Waals surface area contributed by atoms with Crippen molar-refractivity contribution in [1.29, 1.82) is 0 Å². The third-order valence-electron chi connectivity index (χ3n) is 1.16. The molecule has 0 saturated heterocycles. The van der Waals surface area contributed by atoms with Crippen LogP contribution in [-0.4, -0.2) is 25.2 Å². The molecule has 0 spiro atoms. The van der Waals surface area contributed by atoms with Gasteiger partial charge in [-0.25, -0.2) is 12.7 Å². The Morgan fingerprint density at radius 2 is 2.09 bits per heavy atom.